The standard InChI is InChI=1S/C11H14BrNS2/c12-11-3-1-2-10(8-11)9-13-4-6-14-15-7-5-13/h1-3,8H,4-7,9H2. The Hall–Kier alpha value is 0.360. The Morgan fingerprint density at radius 1 is 1.20 bits per heavy atom. The summed E-state index contributed by atoms with van der Waals surface area (Å²) < 4.78 is 1.18. The molecule has 0 amide bonds. The van der Waals surface area contributed by atoms with E-state index in [1.165, 1.54) is 34.6 Å². The molecule has 1 heterocycles. The van der Waals surface area contributed by atoms with Crippen LogP contribution in [0.2, 0.25) is 0 Å². The molecular formula is C11H14BrNS2. The number of halogens is 1. The van der Waals surface area contributed by atoms with Crippen molar-refractivity contribution in [3.63, 3.8) is 0 Å². The molecule has 0 aromatic heterocycles. The van der Waals surface area contributed by atoms with Crippen molar-refractivity contribution in [3.8, 4) is 0 Å². The molecular weight excluding hydrogens is 290 g/mol. The SMILES string of the molecule is Brc1cccc(CN2CCSSCC2)c1. The van der Waals surface area contributed by atoms with Crippen molar-refractivity contribution in [2.24, 2.45) is 0 Å². The van der Waals surface area contributed by atoms with Crippen LogP contribution in [0, 0.1) is 0 Å². The lowest BCUT2D eigenvalue weighted by molar-refractivity contribution is 0.302. The third-order valence-corrected chi connectivity index (χ3v) is 5.22. The van der Waals surface area contributed by atoms with Crippen LogP contribution in [0.3, 0.4) is 0 Å². The van der Waals surface area contributed by atoms with Gasteiger partial charge in [0.25, 0.3) is 0 Å². The van der Waals surface area contributed by atoms with Crippen molar-refractivity contribution >= 4 is 37.5 Å². The van der Waals surface area contributed by atoms with Crippen molar-refractivity contribution < 1.29 is 0 Å². The summed E-state index contributed by atoms with van der Waals surface area (Å²) in [6.07, 6.45) is 0. The van der Waals surface area contributed by atoms with Crippen LogP contribution in [0.25, 0.3) is 0 Å². The fraction of sp³-hybridized carbons (Fsp3) is 0.455. The molecule has 1 aliphatic heterocycles. The number of hydrogen-bond donors (Lipinski definition) is 0. The summed E-state index contributed by atoms with van der Waals surface area (Å²) in [7, 11) is 4.00. The molecule has 0 spiro atoms. The quantitative estimate of drug-likeness (QED) is 0.768. The van der Waals surface area contributed by atoms with Gasteiger partial charge in [-0.2, -0.15) is 0 Å². The van der Waals surface area contributed by atoms with Gasteiger partial charge in [-0.05, 0) is 17.7 Å². The molecule has 0 atom stereocenters. The topological polar surface area (TPSA) is 3.24 Å². The molecule has 0 saturated carbocycles. The van der Waals surface area contributed by atoms with Gasteiger partial charge >= 0.3 is 0 Å². The molecule has 1 aromatic carbocycles. The van der Waals surface area contributed by atoms with Crippen LogP contribution in [0.15, 0.2) is 28.7 Å². The first-order valence-electron chi connectivity index (χ1n) is 5.06. The van der Waals surface area contributed by atoms with Gasteiger partial charge in [0.15, 0.2) is 0 Å². The van der Waals surface area contributed by atoms with Crippen LogP contribution in [-0.4, -0.2) is 29.5 Å². The monoisotopic (exact) mass is 303 g/mol. The van der Waals surface area contributed by atoms with E-state index >= 15 is 0 Å². The van der Waals surface area contributed by atoms with Gasteiger partial charge in [-0.3, -0.25) is 4.90 Å². The molecule has 2 rings (SSSR count). The third kappa shape index (κ3) is 4.02. The molecule has 1 fully saturated rings. The number of benzene rings is 1. The average molecular weight is 304 g/mol. The normalized spacial score (nSPS) is 18.7. The van der Waals surface area contributed by atoms with Crippen molar-refractivity contribution in [3.05, 3.63) is 34.3 Å². The minimum absolute atomic E-state index is 1.08. The lowest BCUT2D eigenvalue weighted by Gasteiger charge is -2.19. The Bertz CT molecular complexity index is 311. The number of rotatable bonds is 2. The van der Waals surface area contributed by atoms with Gasteiger partial charge in [0.1, 0.15) is 0 Å². The van der Waals surface area contributed by atoms with Gasteiger partial charge in [-0.1, -0.05) is 49.7 Å². The number of nitrogens with zero attached hydrogens (tertiary/aromatic N) is 1. The number of hydrogen-bond acceptors (Lipinski definition) is 3. The second-order valence-electron chi connectivity index (χ2n) is 3.55. The maximum absolute atomic E-state index is 3.52. The molecule has 0 unspecified atom stereocenters. The summed E-state index contributed by atoms with van der Waals surface area (Å²) in [5.74, 6) is 2.50. The Balaban J connectivity index is 1.95. The molecule has 82 valence electrons. The summed E-state index contributed by atoms with van der Waals surface area (Å²) in [4.78, 5) is 2.54. The van der Waals surface area contributed by atoms with Crippen LogP contribution in [0.4, 0.5) is 0 Å². The van der Waals surface area contributed by atoms with E-state index in [0.717, 1.165) is 6.54 Å². The molecule has 1 aliphatic rings. The highest BCUT2D eigenvalue weighted by molar-refractivity contribution is 9.10. The van der Waals surface area contributed by atoms with E-state index in [4.69, 9.17) is 0 Å². The highest BCUT2D eigenvalue weighted by atomic mass is 79.9. The lowest BCUT2D eigenvalue weighted by Crippen LogP contribution is -2.26. The van der Waals surface area contributed by atoms with Crippen molar-refractivity contribution in [1.82, 2.24) is 4.90 Å². The van der Waals surface area contributed by atoms with E-state index in [9.17, 15) is 0 Å². The van der Waals surface area contributed by atoms with Gasteiger partial charge in [-0.25, -0.2) is 0 Å². The van der Waals surface area contributed by atoms with E-state index in [0.29, 0.717) is 0 Å². The Morgan fingerprint density at radius 2 is 1.93 bits per heavy atom. The maximum atomic E-state index is 3.52. The van der Waals surface area contributed by atoms with Gasteiger partial charge in [0.2, 0.25) is 0 Å². The predicted molar refractivity (Wildman–Crippen MR) is 74.3 cm³/mol. The van der Waals surface area contributed by atoms with Crippen molar-refractivity contribution in [2.75, 3.05) is 24.6 Å². The minimum atomic E-state index is 1.08. The molecule has 0 radical (unpaired) electrons. The Labute approximate surface area is 108 Å². The first kappa shape index (κ1) is 11.8. The third-order valence-electron chi connectivity index (χ3n) is 2.36. The van der Waals surface area contributed by atoms with E-state index in [1.807, 2.05) is 21.6 Å². The van der Waals surface area contributed by atoms with Crippen molar-refractivity contribution in [1.29, 1.82) is 0 Å². The Morgan fingerprint density at radius 3 is 2.60 bits per heavy atom. The summed E-state index contributed by atoms with van der Waals surface area (Å²) in [5, 5.41) is 0. The summed E-state index contributed by atoms with van der Waals surface area (Å²) in [6, 6.07) is 8.61. The van der Waals surface area contributed by atoms with E-state index in [-0.39, 0.29) is 0 Å². The predicted octanol–water partition coefficient (Wildman–Crippen LogP) is 3.65. The molecule has 1 nitrogen and oxygen atoms in total. The second kappa shape index (κ2) is 6.18. The van der Waals surface area contributed by atoms with Crippen LogP contribution >= 0.6 is 37.5 Å². The van der Waals surface area contributed by atoms with Gasteiger partial charge in [-0.15, -0.1) is 0 Å². The first-order valence-corrected chi connectivity index (χ1v) is 8.34. The second-order valence-corrected chi connectivity index (χ2v) is 7.17. The van der Waals surface area contributed by atoms with E-state index < -0.39 is 0 Å². The van der Waals surface area contributed by atoms with Crippen LogP contribution in [0.1, 0.15) is 5.56 Å². The first-order chi connectivity index (χ1) is 7.34. The molecule has 1 saturated heterocycles. The Kier molecular flexibility index (Phi) is 4.88. The van der Waals surface area contributed by atoms with Crippen LogP contribution < -0.4 is 0 Å². The maximum Gasteiger partial charge on any atom is 0.0234 e. The summed E-state index contributed by atoms with van der Waals surface area (Å²) >= 11 is 3.52. The molecule has 4 heteroatoms. The molecule has 1 aromatic rings. The molecule has 0 bridgehead atoms. The zero-order valence-corrected chi connectivity index (χ0v) is 11.7. The van der Waals surface area contributed by atoms with E-state index in [1.54, 1.807) is 0 Å². The van der Waals surface area contributed by atoms with Gasteiger partial charge < -0.3 is 0 Å². The highest BCUT2D eigenvalue weighted by Crippen LogP contribution is 2.24. The van der Waals surface area contributed by atoms with Gasteiger partial charge in [0.05, 0.1) is 0 Å². The summed E-state index contributed by atoms with van der Waals surface area (Å²) in [5.41, 5.74) is 1.40. The molecule has 0 aliphatic carbocycles. The van der Waals surface area contributed by atoms with Crippen LogP contribution in [-0.2, 0) is 6.54 Å². The molecule has 0 N–H and O–H groups in total. The minimum Gasteiger partial charge on any atom is -0.297 e. The molecule has 15 heavy (non-hydrogen) atoms. The van der Waals surface area contributed by atoms with Crippen LogP contribution in [0.5, 0.6) is 0 Å². The fourth-order valence-corrected chi connectivity index (χ4v) is 4.12. The smallest absolute Gasteiger partial charge is 0.0234 e. The zero-order chi connectivity index (χ0) is 10.5. The van der Waals surface area contributed by atoms with Gasteiger partial charge in [0, 0.05) is 35.6 Å². The largest absolute Gasteiger partial charge is 0.297 e. The zero-order valence-electron chi connectivity index (χ0n) is 8.49. The lowest BCUT2D eigenvalue weighted by atomic mass is 10.2. The van der Waals surface area contributed by atoms with E-state index in [2.05, 4.69) is 45.1 Å². The fourth-order valence-electron chi connectivity index (χ4n) is 1.61. The van der Waals surface area contributed by atoms with Crippen molar-refractivity contribution in [2.45, 2.75) is 6.54 Å². The highest BCUT2D eigenvalue weighted by Gasteiger charge is 2.09. The summed E-state index contributed by atoms with van der Waals surface area (Å²) in [6.45, 7) is 3.51. The average Bonchev–Trinajstić information content (AvgIpc) is 2.46.